The summed E-state index contributed by atoms with van der Waals surface area (Å²) in [5.41, 5.74) is 3.95. The van der Waals surface area contributed by atoms with E-state index >= 15 is 0 Å². The third-order valence-corrected chi connectivity index (χ3v) is 6.61. The Hall–Kier alpha value is -1.02. The molecule has 0 spiro atoms. The summed E-state index contributed by atoms with van der Waals surface area (Å²) in [6.07, 6.45) is 5.68. The van der Waals surface area contributed by atoms with E-state index < -0.39 is 0 Å². The van der Waals surface area contributed by atoms with E-state index in [1.165, 1.54) is 17.5 Å². The van der Waals surface area contributed by atoms with E-state index in [9.17, 15) is 10.2 Å². The molecule has 1 saturated carbocycles. The van der Waals surface area contributed by atoms with Crippen LogP contribution in [0.1, 0.15) is 76.0 Å². The van der Waals surface area contributed by atoms with Crippen molar-refractivity contribution in [3.05, 3.63) is 28.8 Å². The van der Waals surface area contributed by atoms with Crippen molar-refractivity contribution in [2.24, 2.45) is 11.3 Å². The Kier molecular flexibility index (Phi) is 3.79. The minimum atomic E-state index is 0.0248. The van der Waals surface area contributed by atoms with Gasteiger partial charge in [0.1, 0.15) is 5.75 Å². The Morgan fingerprint density at radius 2 is 1.95 bits per heavy atom. The Bertz CT molecular complexity index is 577. The van der Waals surface area contributed by atoms with Gasteiger partial charge in [0, 0.05) is 6.61 Å². The van der Waals surface area contributed by atoms with Crippen LogP contribution in [0.25, 0.3) is 0 Å². The molecule has 2 aliphatic rings. The van der Waals surface area contributed by atoms with E-state index in [1.54, 1.807) is 0 Å². The summed E-state index contributed by atoms with van der Waals surface area (Å²) < 4.78 is 0. The van der Waals surface area contributed by atoms with Crippen molar-refractivity contribution in [3.63, 3.8) is 0 Å². The van der Waals surface area contributed by atoms with Crippen LogP contribution >= 0.6 is 0 Å². The average molecular weight is 302 g/mol. The first-order valence-electron chi connectivity index (χ1n) is 8.79. The smallest absolute Gasteiger partial charge is 0.119 e. The van der Waals surface area contributed by atoms with E-state index in [-0.39, 0.29) is 17.4 Å². The first-order chi connectivity index (χ1) is 10.3. The predicted octanol–water partition coefficient (Wildman–Crippen LogP) is 4.52. The third-order valence-electron chi connectivity index (χ3n) is 6.61. The second-order valence-electron chi connectivity index (χ2n) is 8.40. The van der Waals surface area contributed by atoms with Crippen molar-refractivity contribution in [1.29, 1.82) is 0 Å². The van der Waals surface area contributed by atoms with Crippen LogP contribution in [0.5, 0.6) is 5.75 Å². The number of hydrogen-bond donors (Lipinski definition) is 2. The number of phenolic OH excluding ortho intramolecular Hbond substituents is 1. The Morgan fingerprint density at radius 3 is 2.59 bits per heavy atom. The summed E-state index contributed by atoms with van der Waals surface area (Å²) in [7, 11) is 0. The number of benzene rings is 1. The molecule has 0 aromatic heterocycles. The van der Waals surface area contributed by atoms with E-state index in [4.69, 9.17) is 0 Å². The molecule has 0 bridgehead atoms. The number of phenols is 1. The van der Waals surface area contributed by atoms with Crippen molar-refractivity contribution in [1.82, 2.24) is 0 Å². The number of aliphatic hydroxyl groups is 1. The van der Waals surface area contributed by atoms with Gasteiger partial charge in [-0.2, -0.15) is 0 Å². The molecule has 0 saturated heterocycles. The zero-order valence-corrected chi connectivity index (χ0v) is 14.4. The minimum absolute atomic E-state index is 0.0248. The van der Waals surface area contributed by atoms with Gasteiger partial charge < -0.3 is 10.2 Å². The van der Waals surface area contributed by atoms with E-state index in [2.05, 4.69) is 33.8 Å². The Labute approximate surface area is 134 Å². The van der Waals surface area contributed by atoms with Crippen LogP contribution in [0.15, 0.2) is 12.1 Å². The molecule has 1 aromatic rings. The molecule has 2 N–H and O–H groups in total. The summed E-state index contributed by atoms with van der Waals surface area (Å²) in [5.74, 6) is 1.31. The highest BCUT2D eigenvalue weighted by atomic mass is 16.3. The molecule has 22 heavy (non-hydrogen) atoms. The van der Waals surface area contributed by atoms with Gasteiger partial charge in [0.25, 0.3) is 0 Å². The molecule has 1 fully saturated rings. The molecule has 0 aliphatic heterocycles. The second kappa shape index (κ2) is 5.26. The monoisotopic (exact) mass is 302 g/mol. The summed E-state index contributed by atoms with van der Waals surface area (Å²) in [5, 5.41) is 20.5. The van der Waals surface area contributed by atoms with Gasteiger partial charge in [-0.05, 0) is 71.1 Å². The highest BCUT2D eigenvalue weighted by molar-refractivity contribution is 5.48. The maximum atomic E-state index is 10.5. The van der Waals surface area contributed by atoms with Gasteiger partial charge in [-0.15, -0.1) is 0 Å². The van der Waals surface area contributed by atoms with Crippen LogP contribution in [-0.2, 0) is 11.8 Å². The third kappa shape index (κ3) is 2.19. The van der Waals surface area contributed by atoms with Gasteiger partial charge in [0.05, 0.1) is 0 Å². The summed E-state index contributed by atoms with van der Waals surface area (Å²) >= 11 is 0. The molecule has 3 rings (SSSR count). The molecule has 2 nitrogen and oxygen atoms in total. The fraction of sp³-hybridized carbons (Fsp3) is 0.700. The number of rotatable bonds is 2. The average Bonchev–Trinajstić information content (AvgIpc) is 2.47. The molecular weight excluding hydrogens is 272 g/mol. The summed E-state index contributed by atoms with van der Waals surface area (Å²) in [6.45, 7) is 9.16. The number of aliphatic hydroxyl groups excluding tert-OH is 1. The number of fused-ring (bicyclic) bond motifs is 3. The lowest BCUT2D eigenvalue weighted by Gasteiger charge is -2.55. The molecule has 0 heterocycles. The van der Waals surface area contributed by atoms with Crippen LogP contribution in [0.4, 0.5) is 0 Å². The fourth-order valence-corrected chi connectivity index (χ4v) is 5.31. The number of hydrogen-bond acceptors (Lipinski definition) is 2. The van der Waals surface area contributed by atoms with Crippen LogP contribution in [-0.4, -0.2) is 16.8 Å². The van der Waals surface area contributed by atoms with Gasteiger partial charge in [0.15, 0.2) is 0 Å². The largest absolute Gasteiger partial charge is 0.508 e. The molecule has 3 atom stereocenters. The Morgan fingerprint density at radius 1 is 1.23 bits per heavy atom. The van der Waals surface area contributed by atoms with Gasteiger partial charge in [-0.3, -0.25) is 0 Å². The van der Waals surface area contributed by atoms with E-state index in [0.717, 1.165) is 31.2 Å². The highest BCUT2D eigenvalue weighted by Gasteiger charge is 2.51. The van der Waals surface area contributed by atoms with Gasteiger partial charge in [-0.25, -0.2) is 0 Å². The summed E-state index contributed by atoms with van der Waals surface area (Å²) in [6, 6.07) is 4.28. The number of aryl methyl sites for hydroxylation is 1. The molecule has 1 aromatic carbocycles. The van der Waals surface area contributed by atoms with Crippen molar-refractivity contribution < 1.29 is 10.2 Å². The van der Waals surface area contributed by atoms with Crippen molar-refractivity contribution in [2.75, 3.05) is 6.61 Å². The SMILES string of the molecule is CC(C)c1cc2c(cc1O)[C@]1(C)CCC[C@](C)(CO)[C@@H]1CC2. The van der Waals surface area contributed by atoms with Gasteiger partial charge in [0.2, 0.25) is 0 Å². The number of aromatic hydroxyl groups is 1. The van der Waals surface area contributed by atoms with Crippen molar-refractivity contribution in [2.45, 2.75) is 71.1 Å². The predicted molar refractivity (Wildman–Crippen MR) is 90.4 cm³/mol. The zero-order chi connectivity index (χ0) is 16.1. The molecule has 0 unspecified atom stereocenters. The van der Waals surface area contributed by atoms with Crippen LogP contribution in [0.3, 0.4) is 0 Å². The fourth-order valence-electron chi connectivity index (χ4n) is 5.31. The Balaban J connectivity index is 2.11. The second-order valence-corrected chi connectivity index (χ2v) is 8.40. The maximum absolute atomic E-state index is 10.5. The van der Waals surface area contributed by atoms with Crippen LogP contribution in [0.2, 0.25) is 0 Å². The van der Waals surface area contributed by atoms with Crippen molar-refractivity contribution in [3.8, 4) is 5.75 Å². The standard InChI is InChI=1S/C20H30O2/c1-13(2)15-10-14-6-7-18-19(3,12-21)8-5-9-20(18,4)16(14)11-17(15)22/h10-11,13,18,21-22H,5-9,12H2,1-4H3/t18-,19+,20-/m0/s1. The summed E-state index contributed by atoms with van der Waals surface area (Å²) in [4.78, 5) is 0. The van der Waals surface area contributed by atoms with Gasteiger partial charge in [-0.1, -0.05) is 40.2 Å². The molecule has 2 aliphatic carbocycles. The molecule has 0 radical (unpaired) electrons. The van der Waals surface area contributed by atoms with Crippen LogP contribution < -0.4 is 0 Å². The zero-order valence-electron chi connectivity index (χ0n) is 14.4. The molecule has 2 heteroatoms. The molecule has 0 amide bonds. The van der Waals surface area contributed by atoms with E-state index in [0.29, 0.717) is 17.6 Å². The first kappa shape index (κ1) is 15.9. The highest BCUT2D eigenvalue weighted by Crippen LogP contribution is 2.57. The topological polar surface area (TPSA) is 40.5 Å². The van der Waals surface area contributed by atoms with Crippen molar-refractivity contribution >= 4 is 0 Å². The minimum Gasteiger partial charge on any atom is -0.508 e. The maximum Gasteiger partial charge on any atom is 0.119 e. The lowest BCUT2D eigenvalue weighted by molar-refractivity contribution is -0.0179. The first-order valence-corrected chi connectivity index (χ1v) is 8.79. The normalized spacial score (nSPS) is 34.4. The van der Waals surface area contributed by atoms with Crippen LogP contribution in [0, 0.1) is 11.3 Å². The molecule has 122 valence electrons. The van der Waals surface area contributed by atoms with Gasteiger partial charge >= 0.3 is 0 Å². The molecular formula is C20H30O2. The lowest BCUT2D eigenvalue weighted by atomic mass is 9.50. The van der Waals surface area contributed by atoms with E-state index in [1.807, 2.05) is 6.07 Å². The lowest BCUT2D eigenvalue weighted by Crippen LogP contribution is -2.50. The quantitative estimate of drug-likeness (QED) is 0.843.